The quantitative estimate of drug-likeness (QED) is 0.625. The Labute approximate surface area is 190 Å². The monoisotopic (exact) mass is 448 g/mol. The first-order valence-corrected chi connectivity index (χ1v) is 11.1. The van der Waals surface area contributed by atoms with Crippen LogP contribution >= 0.6 is 0 Å². The van der Waals surface area contributed by atoms with E-state index in [2.05, 4.69) is 22.1 Å². The van der Waals surface area contributed by atoms with Crippen LogP contribution in [0.4, 0.5) is 4.39 Å². The topological polar surface area (TPSA) is 110 Å². The molecular formula is C25H25FN4O3. The van der Waals surface area contributed by atoms with Crippen molar-refractivity contribution >= 4 is 17.4 Å². The van der Waals surface area contributed by atoms with E-state index in [4.69, 9.17) is 5.73 Å². The zero-order chi connectivity index (χ0) is 23.5. The van der Waals surface area contributed by atoms with Gasteiger partial charge in [0.1, 0.15) is 17.2 Å². The van der Waals surface area contributed by atoms with Crippen LogP contribution in [0.3, 0.4) is 0 Å². The number of imidazole rings is 1. The number of nitrogens with zero attached hydrogens (tertiary/aromatic N) is 2. The van der Waals surface area contributed by atoms with Gasteiger partial charge in [0.2, 0.25) is 5.91 Å². The number of hydrogen-bond acceptors (Lipinski definition) is 4. The lowest BCUT2D eigenvalue weighted by molar-refractivity contribution is -0.127. The first-order valence-electron chi connectivity index (χ1n) is 11.1. The molecule has 1 unspecified atom stereocenters. The summed E-state index contributed by atoms with van der Waals surface area (Å²) in [5, 5.41) is 12.9. The number of rotatable bonds is 4. The third-order valence-electron chi connectivity index (χ3n) is 6.50. The molecule has 1 atom stereocenters. The molecule has 2 amide bonds. The molecule has 7 nitrogen and oxygen atoms in total. The number of aliphatic hydroxyl groups is 1. The molecular weight excluding hydrogens is 423 g/mol. The highest BCUT2D eigenvalue weighted by Crippen LogP contribution is 2.48. The Morgan fingerprint density at radius 1 is 1.33 bits per heavy atom. The predicted octanol–water partition coefficient (Wildman–Crippen LogP) is 2.67. The smallest absolute Gasteiger partial charge is 0.269 e. The molecule has 0 radical (unpaired) electrons. The van der Waals surface area contributed by atoms with Crippen molar-refractivity contribution in [2.24, 2.45) is 11.7 Å². The average Bonchev–Trinajstić information content (AvgIpc) is 2.90. The summed E-state index contributed by atoms with van der Waals surface area (Å²) < 4.78 is 16.7. The lowest BCUT2D eigenvalue weighted by atomic mass is 9.85. The Morgan fingerprint density at radius 2 is 2.06 bits per heavy atom. The number of primary amides is 1. The highest BCUT2D eigenvalue weighted by Gasteiger charge is 2.36. The summed E-state index contributed by atoms with van der Waals surface area (Å²) in [5.41, 5.74) is 7.48. The van der Waals surface area contributed by atoms with Crippen molar-refractivity contribution in [3.8, 4) is 23.2 Å². The van der Waals surface area contributed by atoms with Crippen LogP contribution in [-0.4, -0.2) is 32.1 Å². The van der Waals surface area contributed by atoms with Crippen molar-refractivity contribution < 1.29 is 19.1 Å². The van der Waals surface area contributed by atoms with Gasteiger partial charge in [0.25, 0.3) is 5.91 Å². The summed E-state index contributed by atoms with van der Waals surface area (Å²) in [4.78, 5) is 29.2. The molecule has 1 aromatic heterocycles. The summed E-state index contributed by atoms with van der Waals surface area (Å²) in [6.45, 7) is 3.19. The van der Waals surface area contributed by atoms with Crippen molar-refractivity contribution in [2.45, 2.75) is 57.7 Å². The molecule has 4 N–H and O–H groups in total. The van der Waals surface area contributed by atoms with Crippen molar-refractivity contribution in [1.82, 2.24) is 14.9 Å². The fourth-order valence-electron chi connectivity index (χ4n) is 4.49. The van der Waals surface area contributed by atoms with Gasteiger partial charge < -0.3 is 20.7 Å². The second-order valence-corrected chi connectivity index (χ2v) is 9.46. The van der Waals surface area contributed by atoms with E-state index in [-0.39, 0.29) is 35.7 Å². The fraction of sp³-hybridized carbons (Fsp3) is 0.400. The Bertz CT molecular complexity index is 1290. The number of benzene rings is 1. The Balaban J connectivity index is 1.61. The van der Waals surface area contributed by atoms with E-state index in [0.717, 1.165) is 24.8 Å². The molecule has 0 saturated heterocycles. The van der Waals surface area contributed by atoms with E-state index in [1.807, 2.05) is 10.6 Å². The SMILES string of the molecule is CC(C)(O)C#Cc1cc2c(cc1F)C1=CC(C1)n1c-2nc(C(N)=O)c1CNC(=O)C1CCC1. The zero-order valence-electron chi connectivity index (χ0n) is 18.5. The summed E-state index contributed by atoms with van der Waals surface area (Å²) >= 11 is 0. The maximum Gasteiger partial charge on any atom is 0.269 e. The van der Waals surface area contributed by atoms with Gasteiger partial charge in [-0.25, -0.2) is 9.37 Å². The van der Waals surface area contributed by atoms with Crippen LogP contribution in [0.2, 0.25) is 0 Å². The van der Waals surface area contributed by atoms with E-state index in [0.29, 0.717) is 29.1 Å². The number of aromatic nitrogens is 2. The fourth-order valence-corrected chi connectivity index (χ4v) is 4.49. The van der Waals surface area contributed by atoms with E-state index in [1.54, 1.807) is 6.07 Å². The van der Waals surface area contributed by atoms with Gasteiger partial charge in [-0.3, -0.25) is 9.59 Å². The molecule has 1 fully saturated rings. The average molecular weight is 448 g/mol. The molecule has 2 aliphatic heterocycles. The van der Waals surface area contributed by atoms with Gasteiger partial charge in [-0.05, 0) is 56.4 Å². The lowest BCUT2D eigenvalue weighted by Crippen LogP contribution is -2.35. The second kappa shape index (κ2) is 7.56. The van der Waals surface area contributed by atoms with Gasteiger partial charge in [0, 0.05) is 11.5 Å². The summed E-state index contributed by atoms with van der Waals surface area (Å²) in [6.07, 6.45) is 5.48. The van der Waals surface area contributed by atoms with Gasteiger partial charge >= 0.3 is 0 Å². The first kappa shape index (κ1) is 21.4. The summed E-state index contributed by atoms with van der Waals surface area (Å²) in [7, 11) is 0. The minimum Gasteiger partial charge on any atom is -0.378 e. The number of allylic oxidation sites excluding steroid dienone is 2. The lowest BCUT2D eigenvalue weighted by Gasteiger charge is -2.27. The molecule has 1 aromatic carbocycles. The molecule has 3 heterocycles. The molecule has 2 aromatic rings. The largest absolute Gasteiger partial charge is 0.378 e. The van der Waals surface area contributed by atoms with E-state index < -0.39 is 17.3 Å². The van der Waals surface area contributed by atoms with E-state index in [9.17, 15) is 19.1 Å². The number of halogens is 1. The van der Waals surface area contributed by atoms with Crippen LogP contribution in [0.1, 0.15) is 72.9 Å². The number of carbonyl (C=O) groups is 2. The van der Waals surface area contributed by atoms with Crippen LogP contribution in [0, 0.1) is 23.6 Å². The number of carbonyl (C=O) groups excluding carboxylic acids is 2. The number of nitrogens with two attached hydrogens (primary N) is 1. The first-order chi connectivity index (χ1) is 15.6. The third-order valence-corrected chi connectivity index (χ3v) is 6.50. The van der Waals surface area contributed by atoms with Crippen molar-refractivity contribution in [1.29, 1.82) is 0 Å². The number of hydrogen-bond donors (Lipinski definition) is 3. The molecule has 170 valence electrons. The van der Waals surface area contributed by atoms with Crippen molar-refractivity contribution in [2.75, 3.05) is 0 Å². The van der Waals surface area contributed by atoms with E-state index >= 15 is 0 Å². The molecule has 1 saturated carbocycles. The Kier molecular flexibility index (Phi) is 4.91. The zero-order valence-corrected chi connectivity index (χ0v) is 18.5. The van der Waals surface area contributed by atoms with Crippen LogP contribution in [-0.2, 0) is 11.3 Å². The second-order valence-electron chi connectivity index (χ2n) is 9.46. The number of nitrogens with one attached hydrogen (secondary N) is 1. The van der Waals surface area contributed by atoms with E-state index in [1.165, 1.54) is 19.9 Å². The number of amides is 2. The highest BCUT2D eigenvalue weighted by molar-refractivity contribution is 5.94. The molecule has 2 aliphatic carbocycles. The van der Waals surface area contributed by atoms with Crippen molar-refractivity contribution in [3.05, 3.63) is 46.5 Å². The van der Waals surface area contributed by atoms with Gasteiger partial charge in [-0.15, -0.1) is 0 Å². The summed E-state index contributed by atoms with van der Waals surface area (Å²) in [6, 6.07) is 2.97. The molecule has 6 rings (SSSR count). The third kappa shape index (κ3) is 3.72. The van der Waals surface area contributed by atoms with Gasteiger partial charge in [0.05, 0.1) is 23.8 Å². The molecule has 2 bridgehead atoms. The van der Waals surface area contributed by atoms with Crippen LogP contribution in [0.5, 0.6) is 0 Å². The Morgan fingerprint density at radius 3 is 2.67 bits per heavy atom. The standard InChI is InChI=1S/C25H25FN4O3/c1-25(2,33)7-6-14-10-18-17(11-19(14)26)15-8-16(9-15)30-20(21(22(27)31)29-23(18)30)12-28-24(32)13-4-3-5-13/h8,10-11,13,16,33H,3-5,9,12H2,1-2H3,(H2,27,31)(H,28,32). The van der Waals surface area contributed by atoms with Gasteiger partial charge in [-0.2, -0.15) is 0 Å². The maximum atomic E-state index is 14.8. The Hall–Kier alpha value is -3.44. The maximum absolute atomic E-state index is 14.8. The molecule has 0 spiro atoms. The molecule has 8 heteroatoms. The van der Waals surface area contributed by atoms with Gasteiger partial charge in [0.15, 0.2) is 5.69 Å². The summed E-state index contributed by atoms with van der Waals surface area (Å²) in [5.74, 6) is 4.66. The normalized spacial score (nSPS) is 18.4. The minimum absolute atomic E-state index is 0.0179. The van der Waals surface area contributed by atoms with Crippen molar-refractivity contribution in [3.63, 3.8) is 0 Å². The van der Waals surface area contributed by atoms with Crippen LogP contribution in [0.25, 0.3) is 17.0 Å². The molecule has 33 heavy (non-hydrogen) atoms. The predicted molar refractivity (Wildman–Crippen MR) is 120 cm³/mol. The molecule has 4 aliphatic rings. The van der Waals surface area contributed by atoms with Crippen LogP contribution in [0.15, 0.2) is 18.2 Å². The highest BCUT2D eigenvalue weighted by atomic mass is 19.1. The minimum atomic E-state index is -1.27. The van der Waals surface area contributed by atoms with Gasteiger partial charge in [-0.1, -0.05) is 24.3 Å². The van der Waals surface area contributed by atoms with Crippen LogP contribution < -0.4 is 11.1 Å².